The highest BCUT2D eigenvalue weighted by atomic mass is 16.1. The quantitative estimate of drug-likeness (QED) is 0.416. The molecule has 101 valence electrons. The van der Waals surface area contributed by atoms with Gasteiger partial charge in [0.1, 0.15) is 0 Å². The molecule has 5 nitrogen and oxygen atoms in total. The molecule has 0 bridgehead atoms. The van der Waals surface area contributed by atoms with E-state index in [-0.39, 0.29) is 12.3 Å². The minimum Gasteiger partial charge on any atom is -0.289 e. The Balaban J connectivity index is 2.21. The van der Waals surface area contributed by atoms with Crippen LogP contribution in [0.15, 0.2) is 41.5 Å². The van der Waals surface area contributed by atoms with Gasteiger partial charge in [0.2, 0.25) is 6.29 Å². The lowest BCUT2D eigenvalue weighted by atomic mass is 9.94. The molecule has 21 heavy (non-hydrogen) atoms. The fourth-order valence-electron chi connectivity index (χ4n) is 2.73. The third-order valence-corrected chi connectivity index (χ3v) is 3.61. The molecule has 0 spiro atoms. The van der Waals surface area contributed by atoms with Gasteiger partial charge in [-0.15, -0.1) is 0 Å². The second kappa shape index (κ2) is 5.23. The molecule has 1 radical (unpaired) electrons. The zero-order chi connectivity index (χ0) is 14.8. The van der Waals surface area contributed by atoms with Crippen molar-refractivity contribution >= 4 is 12.1 Å². The summed E-state index contributed by atoms with van der Waals surface area (Å²) in [6.45, 7) is 0.275. The molecule has 0 aliphatic heterocycles. The first-order valence-electron chi connectivity index (χ1n) is 6.47. The maximum atomic E-state index is 12.6. The SMILES string of the molecule is [N-]=[N+]=NCCc1ccc([C]=O)c2c1C(=O)c1ccccc1-2. The third kappa shape index (κ3) is 2.00. The number of carbonyl (C=O) groups excluding carboxylic acids is 2. The van der Waals surface area contributed by atoms with Crippen LogP contribution in [0.25, 0.3) is 21.6 Å². The summed E-state index contributed by atoms with van der Waals surface area (Å²) in [5.74, 6) is -0.0892. The molecule has 0 aromatic heterocycles. The summed E-state index contributed by atoms with van der Waals surface area (Å²) in [5.41, 5.74) is 12.1. The number of ketones is 1. The number of nitrogens with zero attached hydrogens (tertiary/aromatic N) is 3. The first kappa shape index (κ1) is 13.1. The minimum atomic E-state index is -0.0892. The van der Waals surface area contributed by atoms with E-state index in [1.165, 1.54) is 0 Å². The molecular formula is C16H10N3O2. The van der Waals surface area contributed by atoms with Crippen molar-refractivity contribution < 1.29 is 9.59 Å². The molecule has 0 unspecified atom stereocenters. The predicted octanol–water partition coefficient (Wildman–Crippen LogP) is 3.21. The summed E-state index contributed by atoms with van der Waals surface area (Å²) in [6, 6.07) is 10.6. The zero-order valence-corrected chi connectivity index (χ0v) is 11.0. The summed E-state index contributed by atoms with van der Waals surface area (Å²) < 4.78 is 0. The molecule has 0 N–H and O–H groups in total. The van der Waals surface area contributed by atoms with E-state index < -0.39 is 0 Å². The maximum absolute atomic E-state index is 12.6. The molecule has 2 aromatic carbocycles. The van der Waals surface area contributed by atoms with Gasteiger partial charge < -0.3 is 0 Å². The van der Waals surface area contributed by atoms with Gasteiger partial charge in [-0.25, -0.2) is 0 Å². The van der Waals surface area contributed by atoms with Crippen LogP contribution in [0.2, 0.25) is 0 Å². The molecule has 0 saturated heterocycles. The first-order chi connectivity index (χ1) is 10.3. The van der Waals surface area contributed by atoms with Crippen LogP contribution in [0, 0.1) is 0 Å². The van der Waals surface area contributed by atoms with Crippen LogP contribution in [0.5, 0.6) is 0 Å². The summed E-state index contributed by atoms with van der Waals surface area (Å²) in [6.07, 6.45) is 2.36. The van der Waals surface area contributed by atoms with Crippen molar-refractivity contribution in [2.24, 2.45) is 5.11 Å². The van der Waals surface area contributed by atoms with Gasteiger partial charge in [0.15, 0.2) is 5.78 Å². The number of azide groups is 1. The molecule has 0 heterocycles. The van der Waals surface area contributed by atoms with Crippen LogP contribution < -0.4 is 0 Å². The van der Waals surface area contributed by atoms with E-state index in [2.05, 4.69) is 10.0 Å². The van der Waals surface area contributed by atoms with Crippen molar-refractivity contribution in [1.29, 1.82) is 0 Å². The van der Waals surface area contributed by atoms with Crippen molar-refractivity contribution in [2.45, 2.75) is 6.42 Å². The largest absolute Gasteiger partial charge is 0.289 e. The highest BCUT2D eigenvalue weighted by molar-refractivity contribution is 6.24. The van der Waals surface area contributed by atoms with E-state index in [9.17, 15) is 9.59 Å². The summed E-state index contributed by atoms with van der Waals surface area (Å²) >= 11 is 0. The fraction of sp³-hybridized carbons (Fsp3) is 0.125. The molecule has 1 aliphatic carbocycles. The molecule has 1 aliphatic rings. The molecule has 5 heteroatoms. The van der Waals surface area contributed by atoms with Crippen molar-refractivity contribution in [1.82, 2.24) is 0 Å². The van der Waals surface area contributed by atoms with Gasteiger partial charge in [0.05, 0.1) is 0 Å². The van der Waals surface area contributed by atoms with E-state index in [4.69, 9.17) is 5.53 Å². The minimum absolute atomic E-state index is 0.0892. The highest BCUT2D eigenvalue weighted by Gasteiger charge is 2.30. The van der Waals surface area contributed by atoms with Crippen molar-refractivity contribution in [3.8, 4) is 11.1 Å². The topological polar surface area (TPSA) is 82.9 Å². The van der Waals surface area contributed by atoms with E-state index in [0.717, 1.165) is 11.1 Å². The van der Waals surface area contributed by atoms with Crippen LogP contribution >= 0.6 is 0 Å². The van der Waals surface area contributed by atoms with Gasteiger partial charge in [0, 0.05) is 33.7 Å². The Morgan fingerprint density at radius 3 is 2.57 bits per heavy atom. The van der Waals surface area contributed by atoms with Crippen LogP contribution in [0.4, 0.5) is 0 Å². The normalized spacial score (nSPS) is 11.5. The molecule has 0 amide bonds. The smallest absolute Gasteiger partial charge is 0.234 e. The second-order valence-corrected chi connectivity index (χ2v) is 4.70. The van der Waals surface area contributed by atoms with Crippen LogP contribution in [0.1, 0.15) is 27.0 Å². The Bertz CT molecular complexity index is 805. The average Bonchev–Trinajstić information content (AvgIpc) is 2.82. The number of fused-ring (bicyclic) bond motifs is 3. The molecule has 3 rings (SSSR count). The van der Waals surface area contributed by atoms with E-state index >= 15 is 0 Å². The first-order valence-corrected chi connectivity index (χ1v) is 6.47. The van der Waals surface area contributed by atoms with Crippen LogP contribution in [0.3, 0.4) is 0 Å². The lowest BCUT2D eigenvalue weighted by molar-refractivity contribution is 0.104. The highest BCUT2D eigenvalue weighted by Crippen LogP contribution is 2.40. The van der Waals surface area contributed by atoms with Gasteiger partial charge >= 0.3 is 0 Å². The van der Waals surface area contributed by atoms with Gasteiger partial charge in [-0.3, -0.25) is 9.59 Å². The average molecular weight is 276 g/mol. The number of hydrogen-bond donors (Lipinski definition) is 0. The molecule has 2 aromatic rings. The zero-order valence-electron chi connectivity index (χ0n) is 11.0. The van der Waals surface area contributed by atoms with Gasteiger partial charge in [-0.05, 0) is 29.1 Å². The molecule has 0 fully saturated rings. The number of rotatable bonds is 4. The van der Waals surface area contributed by atoms with Gasteiger partial charge in [-0.2, -0.15) is 0 Å². The fourth-order valence-corrected chi connectivity index (χ4v) is 2.73. The lowest BCUT2D eigenvalue weighted by Crippen LogP contribution is -2.03. The third-order valence-electron chi connectivity index (χ3n) is 3.61. The lowest BCUT2D eigenvalue weighted by Gasteiger charge is -2.08. The van der Waals surface area contributed by atoms with Gasteiger partial charge in [-0.1, -0.05) is 35.4 Å². The predicted molar refractivity (Wildman–Crippen MR) is 77.8 cm³/mol. The maximum Gasteiger partial charge on any atom is 0.234 e. The van der Waals surface area contributed by atoms with Gasteiger partial charge in [0.25, 0.3) is 0 Å². The Kier molecular flexibility index (Phi) is 3.26. The Hall–Kier alpha value is -2.91. The van der Waals surface area contributed by atoms with Crippen molar-refractivity contribution in [2.75, 3.05) is 6.54 Å². The van der Waals surface area contributed by atoms with Crippen molar-refractivity contribution in [3.05, 3.63) is 69.1 Å². The monoisotopic (exact) mass is 276 g/mol. The molecular weight excluding hydrogens is 266 g/mol. The molecule has 0 saturated carbocycles. The Morgan fingerprint density at radius 2 is 1.86 bits per heavy atom. The summed E-state index contributed by atoms with van der Waals surface area (Å²) in [4.78, 5) is 26.4. The Labute approximate surface area is 120 Å². The van der Waals surface area contributed by atoms with Crippen LogP contribution in [-0.2, 0) is 11.2 Å². The second-order valence-electron chi connectivity index (χ2n) is 4.70. The summed E-state index contributed by atoms with van der Waals surface area (Å²) in [5, 5.41) is 3.50. The van der Waals surface area contributed by atoms with Crippen LogP contribution in [-0.4, -0.2) is 18.6 Å². The van der Waals surface area contributed by atoms with E-state index in [0.29, 0.717) is 28.7 Å². The van der Waals surface area contributed by atoms with E-state index in [1.807, 2.05) is 18.4 Å². The molecule has 0 atom stereocenters. The number of carbonyl (C=O) groups is 1. The Morgan fingerprint density at radius 1 is 1.10 bits per heavy atom. The number of hydrogen-bond acceptors (Lipinski definition) is 3. The van der Waals surface area contributed by atoms with Crippen molar-refractivity contribution in [3.63, 3.8) is 0 Å². The van der Waals surface area contributed by atoms with E-state index in [1.54, 1.807) is 24.3 Å². The number of benzene rings is 2. The summed E-state index contributed by atoms with van der Waals surface area (Å²) in [7, 11) is 0. The standard InChI is InChI=1S/C16H10N3O2/c17-19-18-8-7-10-5-6-11(9-20)14-12-3-1-2-4-13(12)16(21)15(10)14/h1-6H,7-8H2.